The maximum atomic E-state index is 9.18. The molecule has 4 unspecified atom stereocenters. The summed E-state index contributed by atoms with van der Waals surface area (Å²) in [6.07, 6.45) is 5.75. The van der Waals surface area contributed by atoms with E-state index in [9.17, 15) is 4.79 Å². The van der Waals surface area contributed by atoms with E-state index >= 15 is 0 Å². The zero-order chi connectivity index (χ0) is 42.2. The lowest BCUT2D eigenvalue weighted by Gasteiger charge is -2.45. The fraction of sp³-hybridized carbons (Fsp3) is 0.795. The molecule has 1 aliphatic heterocycles. The number of nitrogens with zero attached hydrogens (tertiary/aromatic N) is 1. The van der Waals surface area contributed by atoms with Gasteiger partial charge in [0.25, 0.3) is 6.47 Å². The van der Waals surface area contributed by atoms with Crippen LogP contribution in [0.2, 0.25) is 0 Å². The quantitative estimate of drug-likeness (QED) is 0.118. The van der Waals surface area contributed by atoms with E-state index in [1.807, 2.05) is 34.6 Å². The second-order valence-electron chi connectivity index (χ2n) is 16.4. The summed E-state index contributed by atoms with van der Waals surface area (Å²) in [6, 6.07) is 7.05. The van der Waals surface area contributed by atoms with Gasteiger partial charge >= 0.3 is 0 Å². The Kier molecular flexibility index (Phi) is 29.6. The third-order valence-electron chi connectivity index (χ3n) is 8.40. The molecule has 0 radical (unpaired) electrons. The zero-order valence-electron chi connectivity index (χ0n) is 38.6. The van der Waals surface area contributed by atoms with Crippen molar-refractivity contribution in [3.63, 3.8) is 0 Å². The summed E-state index contributed by atoms with van der Waals surface area (Å²) in [7, 11) is 2.60. The van der Waals surface area contributed by atoms with Crippen LogP contribution in [0, 0.1) is 10.8 Å². The van der Waals surface area contributed by atoms with Gasteiger partial charge in [-0.1, -0.05) is 107 Å². The molecule has 1 aliphatic rings. The summed E-state index contributed by atoms with van der Waals surface area (Å²) in [4.78, 5) is 15.7. The number of hydrogen-bond donors (Lipinski definition) is 0. The fourth-order valence-corrected chi connectivity index (χ4v) is 7.29. The first-order valence-corrected chi connectivity index (χ1v) is 21.1. The molecule has 0 amide bonds. The molecule has 0 bridgehead atoms. The number of hydrogen-bond acceptors (Lipinski definition) is 8. The van der Waals surface area contributed by atoms with Gasteiger partial charge in [-0.25, -0.2) is 0 Å². The van der Waals surface area contributed by atoms with Crippen LogP contribution in [-0.4, -0.2) is 69.4 Å². The van der Waals surface area contributed by atoms with Gasteiger partial charge in [0.1, 0.15) is 6.10 Å². The van der Waals surface area contributed by atoms with Gasteiger partial charge in [0.05, 0.1) is 31.6 Å². The summed E-state index contributed by atoms with van der Waals surface area (Å²) in [5.74, 6) is 0. The molecule has 1 heterocycles. The Morgan fingerprint density at radius 3 is 1.72 bits per heavy atom. The zero-order valence-corrected chi connectivity index (χ0v) is 39.5. The van der Waals surface area contributed by atoms with E-state index in [1.165, 1.54) is 16.7 Å². The predicted octanol–water partition coefficient (Wildman–Crippen LogP) is 12.8. The summed E-state index contributed by atoms with van der Waals surface area (Å²) in [5.41, 5.74) is 4.53. The summed E-state index contributed by atoms with van der Waals surface area (Å²) in [6.45, 7) is 46.2. The van der Waals surface area contributed by atoms with E-state index < -0.39 is 8.38 Å². The molecule has 314 valence electrons. The van der Waals surface area contributed by atoms with Gasteiger partial charge in [-0.15, -0.1) is 0 Å². The first-order valence-electron chi connectivity index (χ1n) is 19.9. The Morgan fingerprint density at radius 1 is 0.887 bits per heavy atom. The monoisotopic (exact) mass is 772 g/mol. The van der Waals surface area contributed by atoms with E-state index in [4.69, 9.17) is 18.6 Å². The standard InChI is InChI=1S/C21H35NO2.C15H31O2P.C3H6O2.C3H8O.C2H6/c1-10-19-21(7,8)18-13-16(14(2)23-9)11-12-17(18)15(3)24-22(19)20(4,5)6;1-9-16-18(17-10-2)13(15(6,7)8)11-12-14(3,4)5;1-2-5-3-4;1-3-4-2;1-2/h11-15,19H,10H2,1-9H3;11-13H,9-10H2,1-8H3;3H,2H2,1H3;3H2,1-2H3;1-2H3/b;12-11-;;;. The molecule has 53 heavy (non-hydrogen) atoms. The largest absolute Gasteiger partial charge is 0.468 e. The number of hydroxylamine groups is 2. The highest BCUT2D eigenvalue weighted by Gasteiger charge is 2.45. The molecule has 0 saturated heterocycles. The number of fused-ring (bicyclic) bond motifs is 1. The van der Waals surface area contributed by atoms with Crippen LogP contribution in [0.15, 0.2) is 30.4 Å². The lowest BCUT2D eigenvalue weighted by atomic mass is 9.73. The molecule has 0 N–H and O–H groups in total. The van der Waals surface area contributed by atoms with Crippen LogP contribution in [-0.2, 0) is 38.3 Å². The highest BCUT2D eigenvalue weighted by molar-refractivity contribution is 7.48. The lowest BCUT2D eigenvalue weighted by Crippen LogP contribution is -2.53. The Bertz CT molecular complexity index is 1080. The second kappa shape index (κ2) is 28.1. The number of allylic oxidation sites excluding steroid dienone is 2. The Balaban J connectivity index is -0.000000756. The molecule has 0 aliphatic carbocycles. The molecule has 0 spiro atoms. The number of rotatable bonds is 12. The number of ether oxygens (including phenoxy) is 3. The fourth-order valence-electron chi connectivity index (χ4n) is 5.53. The van der Waals surface area contributed by atoms with Crippen LogP contribution in [0.4, 0.5) is 0 Å². The minimum absolute atomic E-state index is 0.00834. The van der Waals surface area contributed by atoms with Crippen molar-refractivity contribution >= 4 is 14.8 Å². The Labute approximate surface area is 330 Å². The minimum atomic E-state index is -0.852. The Hall–Kier alpha value is -1.38. The molecule has 4 atom stereocenters. The maximum absolute atomic E-state index is 9.18. The van der Waals surface area contributed by atoms with Crippen molar-refractivity contribution in [2.24, 2.45) is 10.8 Å². The van der Waals surface area contributed by atoms with E-state index in [2.05, 4.69) is 142 Å². The molecule has 0 saturated carbocycles. The molecule has 0 aromatic heterocycles. The lowest BCUT2D eigenvalue weighted by molar-refractivity contribution is -0.268. The number of methoxy groups -OCH3 is 2. The van der Waals surface area contributed by atoms with Crippen molar-refractivity contribution in [2.75, 3.05) is 40.6 Å². The van der Waals surface area contributed by atoms with Crippen LogP contribution < -0.4 is 0 Å². The molecule has 0 fully saturated rings. The van der Waals surface area contributed by atoms with Crippen LogP contribution >= 0.6 is 8.38 Å². The second-order valence-corrected chi connectivity index (χ2v) is 18.0. The predicted molar refractivity (Wildman–Crippen MR) is 229 cm³/mol. The SMILES string of the molecule is CC.CCC1N(C(C)(C)C)OC(C)c2ccc(C(C)OC)cc2C1(C)C.CCOC.CCOC=O.CCOP(OCC)C(/C=C\C(C)(C)C)C(C)(C)C. The summed E-state index contributed by atoms with van der Waals surface area (Å²) >= 11 is 0. The van der Waals surface area contributed by atoms with E-state index in [0.717, 1.165) is 13.0 Å². The van der Waals surface area contributed by atoms with Gasteiger partial charge in [-0.05, 0) is 96.3 Å². The summed E-state index contributed by atoms with van der Waals surface area (Å²) < 4.78 is 25.9. The van der Waals surface area contributed by atoms with Crippen LogP contribution in [0.5, 0.6) is 0 Å². The number of carbonyl (C=O) groups is 1. The van der Waals surface area contributed by atoms with Crippen molar-refractivity contribution < 1.29 is 32.9 Å². The van der Waals surface area contributed by atoms with Gasteiger partial charge < -0.3 is 23.3 Å². The molecule has 9 heteroatoms. The summed E-state index contributed by atoms with van der Waals surface area (Å²) in [5, 5.41) is 2.23. The molecule has 1 aromatic carbocycles. The van der Waals surface area contributed by atoms with Gasteiger partial charge in [-0.2, -0.15) is 5.06 Å². The van der Waals surface area contributed by atoms with Crippen molar-refractivity contribution in [3.05, 3.63) is 47.0 Å². The third kappa shape index (κ3) is 21.5. The molecular formula is C44H86NO7P. The average molecular weight is 772 g/mol. The third-order valence-corrected chi connectivity index (χ3v) is 10.8. The van der Waals surface area contributed by atoms with Crippen LogP contribution in [0.25, 0.3) is 0 Å². The van der Waals surface area contributed by atoms with Gasteiger partial charge in [-0.3, -0.25) is 9.63 Å². The molecule has 8 nitrogen and oxygen atoms in total. The maximum Gasteiger partial charge on any atom is 0.293 e. The van der Waals surface area contributed by atoms with Crippen molar-refractivity contribution in [2.45, 2.75) is 180 Å². The first kappa shape index (κ1) is 56.0. The van der Waals surface area contributed by atoms with Gasteiger partial charge in [0, 0.05) is 37.8 Å². The average Bonchev–Trinajstić information content (AvgIpc) is 3.16. The van der Waals surface area contributed by atoms with Crippen molar-refractivity contribution in [1.82, 2.24) is 5.06 Å². The van der Waals surface area contributed by atoms with E-state index in [0.29, 0.717) is 38.0 Å². The van der Waals surface area contributed by atoms with Crippen molar-refractivity contribution in [1.29, 1.82) is 0 Å². The van der Waals surface area contributed by atoms with Gasteiger partial charge in [0.15, 0.2) is 8.38 Å². The van der Waals surface area contributed by atoms with E-state index in [-0.39, 0.29) is 34.0 Å². The Morgan fingerprint density at radius 2 is 1.40 bits per heavy atom. The van der Waals surface area contributed by atoms with Crippen LogP contribution in [0.1, 0.15) is 174 Å². The number of carbonyl (C=O) groups excluding carboxylic acids is 1. The first-order chi connectivity index (χ1) is 24.5. The molecule has 1 aromatic rings. The van der Waals surface area contributed by atoms with E-state index in [1.54, 1.807) is 21.1 Å². The molecular weight excluding hydrogens is 685 g/mol. The highest BCUT2D eigenvalue weighted by atomic mass is 31.2. The molecule has 2 rings (SSSR count). The van der Waals surface area contributed by atoms with Gasteiger partial charge in [0.2, 0.25) is 0 Å². The highest BCUT2D eigenvalue weighted by Crippen LogP contribution is 2.52. The van der Waals surface area contributed by atoms with Crippen molar-refractivity contribution in [3.8, 4) is 0 Å². The number of benzene rings is 1. The van der Waals surface area contributed by atoms with Crippen LogP contribution in [0.3, 0.4) is 0 Å². The smallest absolute Gasteiger partial charge is 0.293 e. The topological polar surface area (TPSA) is 75.7 Å². The minimum Gasteiger partial charge on any atom is -0.468 e. The normalized spacial score (nSPS) is 18.3.